The monoisotopic (exact) mass is 301 g/mol. The van der Waals surface area contributed by atoms with Crippen LogP contribution in [0.2, 0.25) is 0 Å². The van der Waals surface area contributed by atoms with Gasteiger partial charge in [-0.1, -0.05) is 33.1 Å². The first-order valence-corrected chi connectivity index (χ1v) is 8.80. The molecule has 4 nitrogen and oxygen atoms in total. The Balaban J connectivity index is 1.98. The van der Waals surface area contributed by atoms with Crippen LogP contribution in [0.15, 0.2) is 0 Å². The molecule has 4 heteroatoms. The molecule has 0 aromatic carbocycles. The van der Waals surface area contributed by atoms with Crippen molar-refractivity contribution in [1.82, 2.24) is 5.32 Å². The van der Waals surface area contributed by atoms with E-state index in [1.165, 1.54) is 25.7 Å². The van der Waals surface area contributed by atoms with Crippen LogP contribution in [-0.2, 0) is 9.47 Å². The Bertz CT molecular complexity index is 232. The molecule has 0 amide bonds. The van der Waals surface area contributed by atoms with Crippen molar-refractivity contribution in [1.29, 1.82) is 0 Å². The van der Waals surface area contributed by atoms with Crippen molar-refractivity contribution in [2.24, 2.45) is 11.8 Å². The number of aliphatic hydroxyl groups is 1. The molecule has 1 aliphatic heterocycles. The molecular weight excluding hydrogens is 266 g/mol. The molecule has 0 radical (unpaired) electrons. The maximum absolute atomic E-state index is 9.92. The van der Waals surface area contributed by atoms with Gasteiger partial charge in [0.15, 0.2) is 0 Å². The number of nitrogens with one attached hydrogen (secondary N) is 1. The zero-order chi connectivity index (χ0) is 15.3. The topological polar surface area (TPSA) is 50.7 Å². The average Bonchev–Trinajstić information content (AvgIpc) is 2.51. The van der Waals surface area contributed by atoms with Crippen molar-refractivity contribution in [2.75, 3.05) is 39.5 Å². The van der Waals surface area contributed by atoms with Crippen LogP contribution >= 0.6 is 0 Å². The van der Waals surface area contributed by atoms with Crippen molar-refractivity contribution in [3.8, 4) is 0 Å². The third-order valence-corrected chi connectivity index (χ3v) is 4.27. The first-order valence-electron chi connectivity index (χ1n) is 8.80. The summed E-state index contributed by atoms with van der Waals surface area (Å²) < 4.78 is 11.1. The first-order chi connectivity index (χ1) is 10.3. The van der Waals surface area contributed by atoms with Gasteiger partial charge in [-0.2, -0.15) is 0 Å². The van der Waals surface area contributed by atoms with Crippen LogP contribution in [0.25, 0.3) is 0 Å². The van der Waals surface area contributed by atoms with E-state index < -0.39 is 6.10 Å². The number of aliphatic hydroxyl groups excluding tert-OH is 1. The van der Waals surface area contributed by atoms with Gasteiger partial charge in [0.2, 0.25) is 0 Å². The molecule has 2 N–H and O–H groups in total. The normalized spacial score (nSPS) is 22.1. The highest BCUT2D eigenvalue weighted by atomic mass is 16.5. The van der Waals surface area contributed by atoms with Gasteiger partial charge in [0.25, 0.3) is 0 Å². The lowest BCUT2D eigenvalue weighted by Crippen LogP contribution is -2.36. The SMILES string of the molecule is CCCCC(CC)COCC(O)CNCC1CCCOC1. The standard InChI is InChI=1S/C17H35NO3/c1-3-5-7-15(4-2)12-21-14-17(19)11-18-10-16-8-6-9-20-13-16/h15-19H,3-14H2,1-2H3. The van der Waals surface area contributed by atoms with E-state index in [2.05, 4.69) is 19.2 Å². The maximum atomic E-state index is 9.92. The number of hydrogen-bond donors (Lipinski definition) is 2. The van der Waals surface area contributed by atoms with E-state index in [1.807, 2.05) is 0 Å². The lowest BCUT2D eigenvalue weighted by molar-refractivity contribution is 0.0167. The van der Waals surface area contributed by atoms with Gasteiger partial charge in [0, 0.05) is 26.3 Å². The second kappa shape index (κ2) is 12.4. The second-order valence-corrected chi connectivity index (χ2v) is 6.35. The predicted octanol–water partition coefficient (Wildman–Crippen LogP) is 2.60. The summed E-state index contributed by atoms with van der Waals surface area (Å²) in [5.41, 5.74) is 0. The Hall–Kier alpha value is -0.160. The van der Waals surface area contributed by atoms with Crippen LogP contribution in [0.1, 0.15) is 52.4 Å². The summed E-state index contributed by atoms with van der Waals surface area (Å²) in [7, 11) is 0. The fourth-order valence-corrected chi connectivity index (χ4v) is 2.75. The highest BCUT2D eigenvalue weighted by molar-refractivity contribution is 4.68. The summed E-state index contributed by atoms with van der Waals surface area (Å²) in [6.45, 7) is 8.97. The highest BCUT2D eigenvalue weighted by Crippen LogP contribution is 2.13. The molecule has 0 saturated carbocycles. The summed E-state index contributed by atoms with van der Waals surface area (Å²) in [5, 5.41) is 13.3. The van der Waals surface area contributed by atoms with Gasteiger partial charge in [0.1, 0.15) is 0 Å². The number of rotatable bonds is 12. The fraction of sp³-hybridized carbons (Fsp3) is 1.00. The van der Waals surface area contributed by atoms with Crippen molar-refractivity contribution in [3.05, 3.63) is 0 Å². The molecule has 3 unspecified atom stereocenters. The van der Waals surface area contributed by atoms with Gasteiger partial charge in [0.05, 0.1) is 19.3 Å². The van der Waals surface area contributed by atoms with Gasteiger partial charge >= 0.3 is 0 Å². The minimum atomic E-state index is -0.404. The number of hydrogen-bond acceptors (Lipinski definition) is 4. The minimum Gasteiger partial charge on any atom is -0.389 e. The molecule has 1 saturated heterocycles. The summed E-state index contributed by atoms with van der Waals surface area (Å²) in [5.74, 6) is 1.25. The van der Waals surface area contributed by atoms with Gasteiger partial charge in [-0.15, -0.1) is 0 Å². The predicted molar refractivity (Wildman–Crippen MR) is 86.5 cm³/mol. The number of unbranched alkanes of at least 4 members (excludes halogenated alkanes) is 1. The highest BCUT2D eigenvalue weighted by Gasteiger charge is 2.14. The van der Waals surface area contributed by atoms with Crippen LogP contribution in [0, 0.1) is 11.8 Å². The van der Waals surface area contributed by atoms with E-state index in [0.717, 1.165) is 39.2 Å². The van der Waals surface area contributed by atoms with Crippen LogP contribution in [-0.4, -0.2) is 50.7 Å². The Morgan fingerprint density at radius 3 is 2.86 bits per heavy atom. The molecule has 0 aromatic rings. The Kier molecular flexibility index (Phi) is 11.1. The van der Waals surface area contributed by atoms with Crippen molar-refractivity contribution >= 4 is 0 Å². The third-order valence-electron chi connectivity index (χ3n) is 4.27. The van der Waals surface area contributed by atoms with E-state index in [9.17, 15) is 5.11 Å². The van der Waals surface area contributed by atoms with Crippen molar-refractivity contribution < 1.29 is 14.6 Å². The largest absolute Gasteiger partial charge is 0.389 e. The van der Waals surface area contributed by atoms with E-state index in [0.29, 0.717) is 25.0 Å². The molecular formula is C17H35NO3. The zero-order valence-electron chi connectivity index (χ0n) is 14.0. The van der Waals surface area contributed by atoms with E-state index >= 15 is 0 Å². The summed E-state index contributed by atoms with van der Waals surface area (Å²) in [6, 6.07) is 0. The maximum Gasteiger partial charge on any atom is 0.0897 e. The molecule has 21 heavy (non-hydrogen) atoms. The summed E-state index contributed by atoms with van der Waals surface area (Å²) in [4.78, 5) is 0. The van der Waals surface area contributed by atoms with Crippen LogP contribution in [0.3, 0.4) is 0 Å². The molecule has 3 atom stereocenters. The average molecular weight is 301 g/mol. The second-order valence-electron chi connectivity index (χ2n) is 6.35. The molecule has 0 aliphatic carbocycles. The van der Waals surface area contributed by atoms with Crippen LogP contribution in [0.4, 0.5) is 0 Å². The zero-order valence-corrected chi connectivity index (χ0v) is 14.0. The number of ether oxygens (including phenoxy) is 2. The first kappa shape index (κ1) is 18.9. The Morgan fingerprint density at radius 2 is 2.19 bits per heavy atom. The van der Waals surface area contributed by atoms with Crippen molar-refractivity contribution in [3.63, 3.8) is 0 Å². The Morgan fingerprint density at radius 1 is 1.33 bits per heavy atom. The summed E-state index contributed by atoms with van der Waals surface area (Å²) in [6.07, 6.45) is 6.91. The molecule has 1 aliphatic rings. The van der Waals surface area contributed by atoms with Gasteiger partial charge < -0.3 is 19.9 Å². The molecule has 1 rings (SSSR count). The van der Waals surface area contributed by atoms with Gasteiger partial charge in [-0.05, 0) is 31.1 Å². The van der Waals surface area contributed by atoms with Crippen LogP contribution in [0.5, 0.6) is 0 Å². The van der Waals surface area contributed by atoms with Crippen molar-refractivity contribution in [2.45, 2.75) is 58.5 Å². The molecule has 1 fully saturated rings. The molecule has 1 heterocycles. The van der Waals surface area contributed by atoms with E-state index in [-0.39, 0.29) is 0 Å². The molecule has 0 bridgehead atoms. The van der Waals surface area contributed by atoms with E-state index in [4.69, 9.17) is 9.47 Å². The lowest BCUT2D eigenvalue weighted by atomic mass is 10.0. The van der Waals surface area contributed by atoms with E-state index in [1.54, 1.807) is 0 Å². The van der Waals surface area contributed by atoms with Gasteiger partial charge in [-0.25, -0.2) is 0 Å². The van der Waals surface area contributed by atoms with Gasteiger partial charge in [-0.3, -0.25) is 0 Å². The molecule has 0 spiro atoms. The minimum absolute atomic E-state index is 0.404. The summed E-state index contributed by atoms with van der Waals surface area (Å²) >= 11 is 0. The quantitative estimate of drug-likeness (QED) is 0.582. The molecule has 0 aromatic heterocycles. The lowest BCUT2D eigenvalue weighted by Gasteiger charge is -2.23. The fourth-order valence-electron chi connectivity index (χ4n) is 2.75. The molecule has 126 valence electrons. The Labute approximate surface area is 130 Å². The smallest absolute Gasteiger partial charge is 0.0897 e. The van der Waals surface area contributed by atoms with Crippen LogP contribution < -0.4 is 5.32 Å². The third kappa shape index (κ3) is 9.46.